The van der Waals surface area contributed by atoms with Crippen LogP contribution >= 0.6 is 23.8 Å². The molecule has 19 heavy (non-hydrogen) atoms. The predicted molar refractivity (Wildman–Crippen MR) is 82.7 cm³/mol. The molecule has 0 aliphatic rings. The van der Waals surface area contributed by atoms with Crippen LogP contribution in [0.1, 0.15) is 51.9 Å². The maximum absolute atomic E-state index is 11.4. The molecule has 0 spiro atoms. The number of rotatable bonds is 13. The number of alkyl halides is 1. The number of unbranched alkanes of at least 4 members (excludes halogenated alkanes) is 4. The Balaban J connectivity index is 3.49. The van der Waals surface area contributed by atoms with Crippen LogP contribution in [-0.4, -0.2) is 23.4 Å². The first-order valence-corrected chi connectivity index (χ1v) is 9.57. The minimum Gasteiger partial charge on any atom is -0.302 e. The molecule has 0 aromatic rings. The Morgan fingerprint density at radius 1 is 1.05 bits per heavy atom. The summed E-state index contributed by atoms with van der Waals surface area (Å²) in [6, 6.07) is 0. The summed E-state index contributed by atoms with van der Waals surface area (Å²) in [4.78, 5) is 9.36. The van der Waals surface area contributed by atoms with Crippen molar-refractivity contribution in [2.75, 3.05) is 18.5 Å². The normalized spacial score (nSPS) is 14.9. The van der Waals surface area contributed by atoms with Crippen molar-refractivity contribution >= 4 is 23.8 Å². The van der Waals surface area contributed by atoms with Gasteiger partial charge in [-0.2, -0.15) is 0 Å². The van der Waals surface area contributed by atoms with E-state index in [4.69, 9.17) is 9.05 Å². The largest absolute Gasteiger partial charge is 0.472 e. The summed E-state index contributed by atoms with van der Waals surface area (Å²) in [5.41, 5.74) is 0. The highest BCUT2D eigenvalue weighted by Gasteiger charge is 2.19. The second-order valence-corrected chi connectivity index (χ2v) is 6.53. The van der Waals surface area contributed by atoms with Crippen molar-refractivity contribution in [2.45, 2.75) is 51.9 Å². The van der Waals surface area contributed by atoms with Gasteiger partial charge >= 0.3 is 7.82 Å². The number of halogens is 1. The molecule has 0 amide bonds. The summed E-state index contributed by atoms with van der Waals surface area (Å²) in [5, 5.41) is 0.871. The number of hydrogen-bond donors (Lipinski definition) is 1. The molecule has 0 aromatic heterocycles. The van der Waals surface area contributed by atoms with Crippen LogP contribution in [0, 0.1) is 0 Å². The van der Waals surface area contributed by atoms with E-state index in [2.05, 4.69) is 28.9 Å². The molecule has 0 saturated carbocycles. The smallest absolute Gasteiger partial charge is 0.302 e. The third-order valence-electron chi connectivity index (χ3n) is 2.46. The lowest BCUT2D eigenvalue weighted by Gasteiger charge is -2.10. The van der Waals surface area contributed by atoms with Crippen LogP contribution in [0.2, 0.25) is 0 Å². The Hall–Kier alpha value is 0.330. The van der Waals surface area contributed by atoms with Gasteiger partial charge in [0.1, 0.15) is 0 Å². The predicted octanol–water partition coefficient (Wildman–Crippen LogP) is 4.82. The molecule has 0 aliphatic heterocycles. The van der Waals surface area contributed by atoms with Crippen LogP contribution in [0.5, 0.6) is 0 Å². The van der Waals surface area contributed by atoms with Gasteiger partial charge in [0.15, 0.2) is 0 Å². The number of phosphoric acid groups is 1. The van der Waals surface area contributed by atoms with Crippen molar-refractivity contribution in [3.63, 3.8) is 0 Å². The van der Waals surface area contributed by atoms with E-state index in [0.29, 0.717) is 6.42 Å². The molecule has 0 saturated heterocycles. The van der Waals surface area contributed by atoms with Gasteiger partial charge < -0.3 is 4.89 Å². The monoisotopic (exact) mass is 356 g/mol. The molecule has 0 fully saturated rings. The lowest BCUT2D eigenvalue weighted by atomic mass is 10.2. The third-order valence-corrected chi connectivity index (χ3v) is 4.04. The Kier molecular flexibility index (Phi) is 13.6. The minimum atomic E-state index is -3.85. The van der Waals surface area contributed by atoms with Crippen molar-refractivity contribution in [1.82, 2.24) is 0 Å². The zero-order valence-corrected chi connectivity index (χ0v) is 14.2. The first-order valence-electron chi connectivity index (χ1n) is 6.95. The molecule has 0 rings (SSSR count). The molecule has 0 radical (unpaired) electrons. The average Bonchev–Trinajstić information content (AvgIpc) is 2.38. The SMILES string of the molecule is CCCCC/C=C\CCOP(=O)(O)OCCCCBr. The van der Waals surface area contributed by atoms with E-state index in [-0.39, 0.29) is 13.2 Å². The van der Waals surface area contributed by atoms with E-state index in [1.807, 2.05) is 6.08 Å². The van der Waals surface area contributed by atoms with E-state index in [1.165, 1.54) is 19.3 Å². The Bertz CT molecular complexity index is 271. The zero-order valence-electron chi connectivity index (χ0n) is 11.7. The highest BCUT2D eigenvalue weighted by molar-refractivity contribution is 9.09. The molecule has 1 unspecified atom stereocenters. The fraction of sp³-hybridized carbons (Fsp3) is 0.846. The Morgan fingerprint density at radius 2 is 1.74 bits per heavy atom. The molecule has 0 bridgehead atoms. The van der Waals surface area contributed by atoms with Gasteiger partial charge in [-0.3, -0.25) is 9.05 Å². The van der Waals surface area contributed by atoms with Gasteiger partial charge in [-0.25, -0.2) is 4.57 Å². The van der Waals surface area contributed by atoms with E-state index in [9.17, 15) is 9.46 Å². The number of hydrogen-bond acceptors (Lipinski definition) is 3. The Morgan fingerprint density at radius 3 is 2.42 bits per heavy atom. The first-order chi connectivity index (χ1) is 9.12. The highest BCUT2D eigenvalue weighted by atomic mass is 79.9. The molecule has 1 N–H and O–H groups in total. The summed E-state index contributed by atoms with van der Waals surface area (Å²) < 4.78 is 21.1. The second kappa shape index (κ2) is 13.3. The molecule has 0 heterocycles. The van der Waals surface area contributed by atoms with Gasteiger partial charge in [0.05, 0.1) is 13.2 Å². The van der Waals surface area contributed by atoms with E-state index < -0.39 is 7.82 Å². The zero-order chi connectivity index (χ0) is 14.4. The van der Waals surface area contributed by atoms with E-state index >= 15 is 0 Å². The van der Waals surface area contributed by atoms with Crippen LogP contribution in [0.25, 0.3) is 0 Å². The number of allylic oxidation sites excluding steroid dienone is 1. The standard InChI is InChI=1S/C13H26BrO4P/c1-2-3-4-5-6-7-9-12-17-19(15,16)18-13-10-8-11-14/h6-7H,2-5,8-13H2,1H3,(H,15,16)/b7-6-. The molecule has 0 aliphatic carbocycles. The highest BCUT2D eigenvalue weighted by Crippen LogP contribution is 2.43. The molecule has 4 nitrogen and oxygen atoms in total. The van der Waals surface area contributed by atoms with E-state index in [1.54, 1.807) is 0 Å². The van der Waals surface area contributed by atoms with Gasteiger partial charge in [-0.15, -0.1) is 0 Å². The summed E-state index contributed by atoms with van der Waals surface area (Å²) in [7, 11) is -3.85. The van der Waals surface area contributed by atoms with Crippen LogP contribution in [-0.2, 0) is 13.6 Å². The van der Waals surface area contributed by atoms with Crippen molar-refractivity contribution in [1.29, 1.82) is 0 Å². The van der Waals surface area contributed by atoms with Gasteiger partial charge in [0, 0.05) is 5.33 Å². The lowest BCUT2D eigenvalue weighted by Crippen LogP contribution is -1.98. The lowest BCUT2D eigenvalue weighted by molar-refractivity contribution is 0.150. The average molecular weight is 357 g/mol. The van der Waals surface area contributed by atoms with Gasteiger partial charge in [0.2, 0.25) is 0 Å². The first kappa shape index (κ1) is 19.3. The maximum Gasteiger partial charge on any atom is 0.472 e. The molecular formula is C13H26BrO4P. The summed E-state index contributed by atoms with van der Waals surface area (Å²) in [6.45, 7) is 2.65. The van der Waals surface area contributed by atoms with Gasteiger partial charge in [-0.1, -0.05) is 47.8 Å². The third kappa shape index (κ3) is 14.5. The topological polar surface area (TPSA) is 55.8 Å². The molecule has 1 atom stereocenters. The number of phosphoric ester groups is 1. The van der Waals surface area contributed by atoms with Gasteiger partial charge in [0.25, 0.3) is 0 Å². The fourth-order valence-corrected chi connectivity index (χ4v) is 2.56. The van der Waals surface area contributed by atoms with E-state index in [0.717, 1.165) is 24.6 Å². The van der Waals surface area contributed by atoms with Gasteiger partial charge in [-0.05, 0) is 32.1 Å². The van der Waals surface area contributed by atoms with Crippen LogP contribution in [0.15, 0.2) is 12.2 Å². The minimum absolute atomic E-state index is 0.219. The molecule has 114 valence electrons. The molecule has 0 aromatic carbocycles. The van der Waals surface area contributed by atoms with Crippen LogP contribution in [0.4, 0.5) is 0 Å². The summed E-state index contributed by atoms with van der Waals surface area (Å²) >= 11 is 3.29. The summed E-state index contributed by atoms with van der Waals surface area (Å²) in [5.74, 6) is 0. The Labute approximate surface area is 125 Å². The second-order valence-electron chi connectivity index (χ2n) is 4.29. The van der Waals surface area contributed by atoms with Crippen molar-refractivity contribution in [2.24, 2.45) is 0 Å². The van der Waals surface area contributed by atoms with Crippen molar-refractivity contribution < 1.29 is 18.5 Å². The van der Waals surface area contributed by atoms with Crippen LogP contribution < -0.4 is 0 Å². The maximum atomic E-state index is 11.4. The van der Waals surface area contributed by atoms with Crippen molar-refractivity contribution in [3.05, 3.63) is 12.2 Å². The van der Waals surface area contributed by atoms with Crippen LogP contribution in [0.3, 0.4) is 0 Å². The van der Waals surface area contributed by atoms with Crippen molar-refractivity contribution in [3.8, 4) is 0 Å². The molecular weight excluding hydrogens is 331 g/mol. The quantitative estimate of drug-likeness (QED) is 0.222. The molecule has 6 heteroatoms. The summed E-state index contributed by atoms with van der Waals surface area (Å²) in [6.07, 6.45) is 11.1. The fourth-order valence-electron chi connectivity index (χ4n) is 1.40.